The number of nitrogens with one attached hydrogen (secondary N) is 1. The third kappa shape index (κ3) is 3.12. The molecule has 2 heterocycles. The number of rotatable bonds is 3. The number of nitrogens with two attached hydrogens (primary N) is 1. The fourth-order valence-electron chi connectivity index (χ4n) is 3.09. The largest absolute Gasteiger partial charge is 0.454 e. The van der Waals surface area contributed by atoms with Crippen LogP contribution in [0.25, 0.3) is 5.69 Å². The molecule has 1 aromatic heterocycles. The number of halogens is 2. The monoisotopic (exact) mass is 447 g/mol. The summed E-state index contributed by atoms with van der Waals surface area (Å²) in [7, 11) is 0. The van der Waals surface area contributed by atoms with Crippen molar-refractivity contribution in [3.63, 3.8) is 0 Å². The van der Waals surface area contributed by atoms with Crippen molar-refractivity contribution in [2.75, 3.05) is 11.2 Å². The van der Waals surface area contributed by atoms with Crippen molar-refractivity contribution >= 4 is 34.8 Å². The number of anilines is 1. The molecule has 3 aromatic rings. The molecule has 3 N–H and O–H groups in total. The van der Waals surface area contributed by atoms with Gasteiger partial charge in [-0.2, -0.15) is 14.5 Å². The van der Waals surface area contributed by atoms with Crippen molar-refractivity contribution in [1.82, 2.24) is 14.5 Å². The van der Waals surface area contributed by atoms with Gasteiger partial charge in [0.1, 0.15) is 11.9 Å². The molecular formula is C19H15Cl2N5O4. The lowest BCUT2D eigenvalue weighted by Crippen LogP contribution is -2.44. The van der Waals surface area contributed by atoms with E-state index in [1.54, 1.807) is 18.2 Å². The quantitative estimate of drug-likeness (QED) is 0.594. The number of amides is 1. The molecular weight excluding hydrogens is 433 g/mol. The molecule has 9 nitrogen and oxygen atoms in total. The molecule has 1 aliphatic rings. The van der Waals surface area contributed by atoms with Crippen LogP contribution in [0.1, 0.15) is 19.4 Å². The maximum absolute atomic E-state index is 12.2. The van der Waals surface area contributed by atoms with E-state index in [4.69, 9.17) is 33.8 Å². The summed E-state index contributed by atoms with van der Waals surface area (Å²) in [6.07, 6.45) is 0.898. The Hall–Kier alpha value is -3.30. The first-order valence-electron chi connectivity index (χ1n) is 8.69. The first-order chi connectivity index (χ1) is 14.1. The highest BCUT2D eigenvalue weighted by Gasteiger charge is 2.38. The fourth-order valence-corrected chi connectivity index (χ4v) is 3.64. The van der Waals surface area contributed by atoms with Gasteiger partial charge < -0.3 is 15.9 Å². The highest BCUT2D eigenvalue weighted by atomic mass is 35.5. The van der Waals surface area contributed by atoms with Crippen molar-refractivity contribution in [1.29, 1.82) is 0 Å². The minimum absolute atomic E-state index is 0.103. The molecule has 0 atom stereocenters. The van der Waals surface area contributed by atoms with Crippen molar-refractivity contribution in [2.24, 2.45) is 0 Å². The lowest BCUT2D eigenvalue weighted by atomic mass is 9.86. The number of hydrogen-bond acceptors (Lipinski definition) is 6. The van der Waals surface area contributed by atoms with E-state index in [2.05, 4.69) is 10.4 Å². The Morgan fingerprint density at radius 2 is 1.77 bits per heavy atom. The van der Waals surface area contributed by atoms with E-state index in [1.165, 1.54) is 12.1 Å². The molecule has 4 rings (SSSR count). The van der Waals surface area contributed by atoms with Crippen molar-refractivity contribution in [2.45, 2.75) is 19.3 Å². The first kappa shape index (κ1) is 20.0. The van der Waals surface area contributed by atoms with E-state index in [1.807, 2.05) is 13.8 Å². The van der Waals surface area contributed by atoms with Gasteiger partial charge in [-0.3, -0.25) is 9.59 Å². The van der Waals surface area contributed by atoms with Gasteiger partial charge in [0.15, 0.2) is 5.75 Å². The van der Waals surface area contributed by atoms with Crippen LogP contribution >= 0.6 is 23.2 Å². The zero-order chi connectivity index (χ0) is 21.8. The summed E-state index contributed by atoms with van der Waals surface area (Å²) in [6, 6.07) is 7.97. The maximum Gasteiger partial charge on any atom is 0.370 e. The molecule has 1 amide bonds. The first-order valence-corrected chi connectivity index (χ1v) is 9.45. The minimum Gasteiger partial charge on any atom is -0.454 e. The van der Waals surface area contributed by atoms with Crippen molar-refractivity contribution in [3.05, 3.63) is 73.0 Å². The summed E-state index contributed by atoms with van der Waals surface area (Å²) in [5.74, 6) is 5.90. The van der Waals surface area contributed by atoms with Gasteiger partial charge in [-0.25, -0.2) is 4.79 Å². The second-order valence-corrected chi connectivity index (χ2v) is 7.99. The number of nitrogen functional groups attached to an aromatic ring is 1. The minimum atomic E-state index is -0.860. The van der Waals surface area contributed by atoms with Crippen LogP contribution in [-0.2, 0) is 10.2 Å². The average Bonchev–Trinajstić information content (AvgIpc) is 2.91. The van der Waals surface area contributed by atoms with E-state index in [0.29, 0.717) is 16.1 Å². The van der Waals surface area contributed by atoms with Crippen molar-refractivity contribution < 1.29 is 9.53 Å². The van der Waals surface area contributed by atoms with Gasteiger partial charge in [0, 0.05) is 5.69 Å². The summed E-state index contributed by atoms with van der Waals surface area (Å²) in [4.78, 5) is 35.7. The summed E-state index contributed by atoms with van der Waals surface area (Å²) in [6.45, 7) is 3.63. The number of ether oxygens (including phenoxy) is 1. The average molecular weight is 448 g/mol. The summed E-state index contributed by atoms with van der Waals surface area (Å²) < 4.78 is 7.17. The van der Waals surface area contributed by atoms with E-state index in [-0.39, 0.29) is 27.4 Å². The standard InChI is InChI=1S/C19H15Cl2N5O4/c1-19(2)11-7-10(3-4-14(11)24-17(19)28)30-16-12(20)5-9(6-13(16)21)26-18(29)25(22)15(27)8-23-26/h3-8H,22H2,1-2H3,(H,24,28). The highest BCUT2D eigenvalue weighted by Crippen LogP contribution is 2.42. The zero-order valence-corrected chi connectivity index (χ0v) is 17.3. The van der Waals surface area contributed by atoms with E-state index in [9.17, 15) is 14.4 Å². The molecule has 0 saturated heterocycles. The Morgan fingerprint density at radius 3 is 2.43 bits per heavy atom. The molecule has 0 aliphatic carbocycles. The van der Waals surface area contributed by atoms with Gasteiger partial charge in [-0.15, -0.1) is 0 Å². The number of carbonyl (C=O) groups is 1. The molecule has 0 spiro atoms. The number of carbonyl (C=O) groups excluding carboxylic acids is 1. The van der Waals surface area contributed by atoms with Gasteiger partial charge in [0.05, 0.1) is 21.1 Å². The second kappa shape index (κ2) is 6.89. The third-order valence-electron chi connectivity index (χ3n) is 4.84. The molecule has 0 bridgehead atoms. The Morgan fingerprint density at radius 1 is 1.10 bits per heavy atom. The van der Waals surface area contributed by atoms with Crippen LogP contribution in [0.4, 0.5) is 5.69 Å². The van der Waals surface area contributed by atoms with E-state index in [0.717, 1.165) is 16.4 Å². The lowest BCUT2D eigenvalue weighted by Gasteiger charge is -2.17. The van der Waals surface area contributed by atoms with Crippen LogP contribution in [0.2, 0.25) is 10.0 Å². The number of aromatic nitrogens is 3. The molecule has 0 fully saturated rings. The van der Waals surface area contributed by atoms with Gasteiger partial charge in [0.2, 0.25) is 5.91 Å². The molecule has 2 aromatic carbocycles. The molecule has 154 valence electrons. The van der Waals surface area contributed by atoms with Crippen LogP contribution in [0.15, 0.2) is 46.1 Å². The topological polar surface area (TPSA) is 121 Å². The van der Waals surface area contributed by atoms with Gasteiger partial charge in [0.25, 0.3) is 5.56 Å². The number of benzene rings is 2. The zero-order valence-electron chi connectivity index (χ0n) is 15.8. The van der Waals surface area contributed by atoms with E-state index >= 15 is 0 Å². The predicted octanol–water partition coefficient (Wildman–Crippen LogP) is 2.44. The molecule has 0 unspecified atom stereocenters. The van der Waals surface area contributed by atoms with E-state index < -0.39 is 16.7 Å². The van der Waals surface area contributed by atoms with Gasteiger partial charge >= 0.3 is 5.69 Å². The number of hydrogen-bond donors (Lipinski definition) is 2. The number of nitrogens with zero attached hydrogens (tertiary/aromatic N) is 3. The molecule has 1 aliphatic heterocycles. The number of fused-ring (bicyclic) bond motifs is 1. The Bertz CT molecular complexity index is 1310. The molecule has 0 radical (unpaired) electrons. The summed E-state index contributed by atoms with van der Waals surface area (Å²) in [5, 5.41) is 6.79. The smallest absolute Gasteiger partial charge is 0.370 e. The molecule has 30 heavy (non-hydrogen) atoms. The van der Waals surface area contributed by atoms with Crippen LogP contribution in [0.3, 0.4) is 0 Å². The Kier molecular flexibility index (Phi) is 4.59. The maximum atomic E-state index is 12.2. The summed E-state index contributed by atoms with van der Waals surface area (Å²) >= 11 is 12.7. The predicted molar refractivity (Wildman–Crippen MR) is 112 cm³/mol. The Labute approximate surface area is 179 Å². The Balaban J connectivity index is 1.72. The normalized spacial score (nSPS) is 14.3. The third-order valence-corrected chi connectivity index (χ3v) is 5.40. The lowest BCUT2D eigenvalue weighted by molar-refractivity contribution is -0.119. The van der Waals surface area contributed by atoms with Crippen molar-refractivity contribution in [3.8, 4) is 17.2 Å². The van der Waals surface area contributed by atoms with Crippen LogP contribution < -0.4 is 27.1 Å². The molecule has 11 heteroatoms. The van der Waals surface area contributed by atoms with Gasteiger partial charge in [-0.05, 0) is 49.7 Å². The summed E-state index contributed by atoms with van der Waals surface area (Å²) in [5.41, 5.74) is -0.611. The van der Waals surface area contributed by atoms with Crippen LogP contribution in [-0.4, -0.2) is 20.4 Å². The SMILES string of the molecule is CC1(C)C(=O)Nc2ccc(Oc3c(Cl)cc(-n4ncc(=O)n(N)c4=O)cc3Cl)cc21. The van der Waals surface area contributed by atoms with Crippen LogP contribution in [0.5, 0.6) is 11.5 Å². The van der Waals surface area contributed by atoms with Crippen LogP contribution in [0, 0.1) is 0 Å². The second-order valence-electron chi connectivity index (χ2n) is 7.17. The van der Waals surface area contributed by atoms with Gasteiger partial charge in [-0.1, -0.05) is 23.2 Å². The highest BCUT2D eigenvalue weighted by molar-refractivity contribution is 6.37. The fraction of sp³-hybridized carbons (Fsp3) is 0.158. The molecule has 0 saturated carbocycles.